The number of rotatable bonds is 5. The van der Waals surface area contributed by atoms with Crippen molar-refractivity contribution in [3.63, 3.8) is 0 Å². The van der Waals surface area contributed by atoms with E-state index in [1.807, 2.05) is 7.05 Å². The third kappa shape index (κ3) is 8.12. The number of nitrogens with zero attached hydrogens (tertiary/aromatic N) is 2. The van der Waals surface area contributed by atoms with Crippen LogP contribution in [0.3, 0.4) is 0 Å². The van der Waals surface area contributed by atoms with Crippen LogP contribution < -0.4 is 10.6 Å². The van der Waals surface area contributed by atoms with Crippen LogP contribution in [0.15, 0.2) is 29.3 Å². The van der Waals surface area contributed by atoms with E-state index in [0.717, 1.165) is 37.1 Å². The van der Waals surface area contributed by atoms with E-state index < -0.39 is 24.3 Å². The lowest BCUT2D eigenvalue weighted by Gasteiger charge is -2.40. The van der Waals surface area contributed by atoms with Crippen molar-refractivity contribution < 1.29 is 26.3 Å². The number of hydrogen-bond donors (Lipinski definition) is 2. The van der Waals surface area contributed by atoms with Crippen molar-refractivity contribution >= 4 is 29.9 Å². The zero-order valence-electron chi connectivity index (χ0n) is 16.8. The lowest BCUT2D eigenvalue weighted by molar-refractivity contribution is -0.137. The molecule has 1 fully saturated rings. The van der Waals surface area contributed by atoms with Gasteiger partial charge in [-0.25, -0.2) is 0 Å². The largest absolute Gasteiger partial charge is 0.416 e. The van der Waals surface area contributed by atoms with Gasteiger partial charge in [-0.3, -0.25) is 9.89 Å². The van der Waals surface area contributed by atoms with Crippen LogP contribution in [0.4, 0.5) is 26.3 Å². The Balaban J connectivity index is 0.00000450. The van der Waals surface area contributed by atoms with Gasteiger partial charge in [0, 0.05) is 26.2 Å². The number of aliphatic imine (C=N–C) groups is 1. The zero-order chi connectivity index (χ0) is 21.7. The summed E-state index contributed by atoms with van der Waals surface area (Å²) in [5, 5.41) is 5.68. The Morgan fingerprint density at radius 1 is 1.10 bits per heavy atom. The smallest absolute Gasteiger partial charge is 0.356 e. The molecule has 0 saturated carbocycles. The van der Waals surface area contributed by atoms with Gasteiger partial charge in [-0.2, -0.15) is 26.3 Å². The third-order valence-corrected chi connectivity index (χ3v) is 5.04. The van der Waals surface area contributed by atoms with E-state index in [9.17, 15) is 26.3 Å². The lowest BCUT2D eigenvalue weighted by Crippen LogP contribution is -2.45. The Labute approximate surface area is 189 Å². The van der Waals surface area contributed by atoms with Crippen molar-refractivity contribution in [3.8, 4) is 0 Å². The summed E-state index contributed by atoms with van der Waals surface area (Å²) in [6.45, 7) is 0.985. The second-order valence-corrected chi connectivity index (χ2v) is 7.19. The van der Waals surface area contributed by atoms with E-state index in [1.165, 1.54) is 19.2 Å². The van der Waals surface area contributed by atoms with Crippen LogP contribution in [-0.4, -0.2) is 50.8 Å². The average molecular weight is 552 g/mol. The molecule has 0 aromatic heterocycles. The summed E-state index contributed by atoms with van der Waals surface area (Å²) in [5.41, 5.74) is 0.0932. The van der Waals surface area contributed by atoms with Crippen molar-refractivity contribution in [2.45, 2.75) is 37.7 Å². The second-order valence-electron chi connectivity index (χ2n) is 7.19. The summed E-state index contributed by atoms with van der Waals surface area (Å²) in [6.07, 6.45) is -7.81. The first kappa shape index (κ1) is 26.8. The van der Waals surface area contributed by atoms with Gasteiger partial charge in [-0.15, -0.1) is 24.0 Å². The van der Waals surface area contributed by atoms with Gasteiger partial charge in [0.25, 0.3) is 0 Å². The summed E-state index contributed by atoms with van der Waals surface area (Å²) < 4.78 is 75.4. The lowest BCUT2D eigenvalue weighted by atomic mass is 9.84. The Morgan fingerprint density at radius 3 is 2.27 bits per heavy atom. The summed E-state index contributed by atoms with van der Waals surface area (Å²) in [5.74, 6) is 0.347. The molecular formula is C19H27F6IN4. The number of guanidine groups is 1. The van der Waals surface area contributed by atoms with Crippen molar-refractivity contribution in [1.82, 2.24) is 15.5 Å². The molecule has 11 heteroatoms. The molecule has 2 rings (SSSR count). The molecule has 0 spiro atoms. The Bertz CT molecular complexity index is 675. The highest BCUT2D eigenvalue weighted by atomic mass is 127. The topological polar surface area (TPSA) is 39.7 Å². The average Bonchev–Trinajstić information content (AvgIpc) is 2.63. The standard InChI is InChI=1S/C19H26F6N4.HI/c1-26-17(27-10-9-18(20,21)22)28-12-14-4-3-11-29(2)16(14)13-5-7-15(8-6-13)19(23,24)25;/h5-8,14,16H,3-4,9-12H2,1-2H3,(H2,26,27,28);1H. The molecule has 1 aromatic rings. The molecule has 1 aromatic carbocycles. The summed E-state index contributed by atoms with van der Waals surface area (Å²) >= 11 is 0. The molecule has 0 bridgehead atoms. The Hall–Kier alpha value is -1.24. The highest BCUT2D eigenvalue weighted by Gasteiger charge is 2.33. The molecule has 1 aliphatic heterocycles. The minimum atomic E-state index is -4.38. The van der Waals surface area contributed by atoms with Gasteiger partial charge in [0.15, 0.2) is 5.96 Å². The summed E-state index contributed by atoms with van der Waals surface area (Å²) in [4.78, 5) is 6.03. The Morgan fingerprint density at radius 2 is 1.73 bits per heavy atom. The van der Waals surface area contributed by atoms with Gasteiger partial charge in [-0.05, 0) is 50.0 Å². The van der Waals surface area contributed by atoms with Gasteiger partial charge in [0.05, 0.1) is 12.0 Å². The highest BCUT2D eigenvalue weighted by Crippen LogP contribution is 2.36. The molecule has 0 amide bonds. The molecule has 1 heterocycles. The summed E-state index contributed by atoms with van der Waals surface area (Å²) in [6, 6.07) is 5.07. The number of benzene rings is 1. The quantitative estimate of drug-likeness (QED) is 0.238. The first-order chi connectivity index (χ1) is 13.5. The molecule has 0 aliphatic carbocycles. The fourth-order valence-electron chi connectivity index (χ4n) is 3.64. The maximum Gasteiger partial charge on any atom is 0.416 e. The number of alkyl halides is 6. The van der Waals surface area contributed by atoms with Crippen molar-refractivity contribution in [2.75, 3.05) is 33.7 Å². The van der Waals surface area contributed by atoms with Crippen molar-refractivity contribution in [2.24, 2.45) is 10.9 Å². The normalized spacial score (nSPS) is 21.1. The van der Waals surface area contributed by atoms with Crippen molar-refractivity contribution in [3.05, 3.63) is 35.4 Å². The van der Waals surface area contributed by atoms with Crippen LogP contribution in [0.1, 0.15) is 36.4 Å². The maximum absolute atomic E-state index is 12.8. The first-order valence-corrected chi connectivity index (χ1v) is 9.40. The van der Waals surface area contributed by atoms with E-state index in [1.54, 1.807) is 0 Å². The van der Waals surface area contributed by atoms with Crippen LogP contribution in [0.2, 0.25) is 0 Å². The molecule has 0 radical (unpaired) electrons. The predicted octanol–water partition coefficient (Wildman–Crippen LogP) is 4.82. The van der Waals surface area contributed by atoms with Gasteiger partial charge in [0.1, 0.15) is 0 Å². The number of hydrogen-bond acceptors (Lipinski definition) is 2. The number of halogens is 7. The number of likely N-dealkylation sites (tertiary alicyclic amines) is 1. The summed E-state index contributed by atoms with van der Waals surface area (Å²) in [7, 11) is 3.40. The highest BCUT2D eigenvalue weighted by molar-refractivity contribution is 14.0. The number of nitrogens with one attached hydrogen (secondary N) is 2. The molecule has 2 atom stereocenters. The minimum absolute atomic E-state index is 0. The molecular weight excluding hydrogens is 525 g/mol. The van der Waals surface area contributed by atoms with Gasteiger partial charge in [-0.1, -0.05) is 12.1 Å². The molecule has 2 unspecified atom stereocenters. The van der Waals surface area contributed by atoms with E-state index in [0.29, 0.717) is 6.54 Å². The minimum Gasteiger partial charge on any atom is -0.356 e. The molecule has 4 nitrogen and oxygen atoms in total. The van der Waals surface area contributed by atoms with Crippen LogP contribution in [0.25, 0.3) is 0 Å². The van der Waals surface area contributed by atoms with Crippen LogP contribution in [-0.2, 0) is 6.18 Å². The van der Waals surface area contributed by atoms with E-state index >= 15 is 0 Å². The van der Waals surface area contributed by atoms with Crippen molar-refractivity contribution in [1.29, 1.82) is 0 Å². The molecule has 30 heavy (non-hydrogen) atoms. The second kappa shape index (κ2) is 11.4. The van der Waals surface area contributed by atoms with Gasteiger partial charge >= 0.3 is 12.4 Å². The van der Waals surface area contributed by atoms with Gasteiger partial charge in [0.2, 0.25) is 0 Å². The Kier molecular flexibility index (Phi) is 10.2. The fourth-order valence-corrected chi connectivity index (χ4v) is 3.64. The van der Waals surface area contributed by atoms with E-state index in [2.05, 4.69) is 20.5 Å². The molecule has 2 N–H and O–H groups in total. The monoisotopic (exact) mass is 552 g/mol. The zero-order valence-corrected chi connectivity index (χ0v) is 19.1. The third-order valence-electron chi connectivity index (χ3n) is 5.04. The van der Waals surface area contributed by atoms with Crippen LogP contribution in [0, 0.1) is 5.92 Å². The molecule has 172 valence electrons. The van der Waals surface area contributed by atoms with Gasteiger partial charge < -0.3 is 10.6 Å². The van der Waals surface area contributed by atoms with Crippen LogP contribution >= 0.6 is 24.0 Å². The molecule has 1 saturated heterocycles. The maximum atomic E-state index is 12.8. The van der Waals surface area contributed by atoms with E-state index in [-0.39, 0.29) is 48.4 Å². The van der Waals surface area contributed by atoms with E-state index in [4.69, 9.17) is 0 Å². The SMILES string of the molecule is CN=C(NCCC(F)(F)F)NCC1CCCN(C)C1c1ccc(C(F)(F)F)cc1.I. The fraction of sp³-hybridized carbons (Fsp3) is 0.632. The van der Waals surface area contributed by atoms with Crippen LogP contribution in [0.5, 0.6) is 0 Å². The first-order valence-electron chi connectivity index (χ1n) is 9.40. The molecule has 1 aliphatic rings. The number of piperidine rings is 1. The predicted molar refractivity (Wildman–Crippen MR) is 115 cm³/mol.